The van der Waals surface area contributed by atoms with Crippen LogP contribution >= 0.6 is 12.4 Å². The van der Waals surface area contributed by atoms with Crippen LogP contribution in [-0.4, -0.2) is 66.1 Å². The molecule has 3 rings (SSSR count). The molecule has 2 aliphatic heterocycles. The average Bonchev–Trinajstić information content (AvgIpc) is 2.62. The van der Waals surface area contributed by atoms with E-state index >= 15 is 0 Å². The molecule has 0 spiro atoms. The van der Waals surface area contributed by atoms with E-state index in [1.54, 1.807) is 17.0 Å². The molecule has 2 atom stereocenters. The van der Waals surface area contributed by atoms with Gasteiger partial charge in [0.25, 0.3) is 0 Å². The number of aliphatic carboxylic acids is 1. The highest BCUT2D eigenvalue weighted by molar-refractivity contribution is 5.85. The number of nitrogens with zero attached hydrogens (tertiary/aromatic N) is 2. The zero-order chi connectivity index (χ0) is 17.8. The molecule has 1 N–H and O–H groups in total. The number of amides is 1. The molecule has 1 amide bonds. The number of benzene rings is 1. The Balaban J connectivity index is 0.00000243. The predicted molar refractivity (Wildman–Crippen MR) is 95.7 cm³/mol. The molecule has 0 radical (unpaired) electrons. The molecule has 6 nitrogen and oxygen atoms in total. The number of carboxylic acid groups (broad SMARTS) is 1. The fourth-order valence-electron chi connectivity index (χ4n) is 3.45. The molecule has 144 valence electrons. The van der Waals surface area contributed by atoms with Crippen LogP contribution in [0.25, 0.3) is 0 Å². The van der Waals surface area contributed by atoms with Gasteiger partial charge in [-0.3, -0.25) is 14.5 Å². The lowest BCUT2D eigenvalue weighted by atomic mass is 9.98. The van der Waals surface area contributed by atoms with Gasteiger partial charge in [-0.2, -0.15) is 0 Å². The SMILES string of the molecule is Cl.O=C(O)C1CCCN(CC(=O)N2CCOC(c3ccc(F)cc3)C2)C1. The van der Waals surface area contributed by atoms with Gasteiger partial charge in [-0.25, -0.2) is 4.39 Å². The number of ether oxygens (including phenoxy) is 1. The van der Waals surface area contributed by atoms with E-state index in [-0.39, 0.29) is 36.8 Å². The Morgan fingerprint density at radius 1 is 1.19 bits per heavy atom. The molecule has 0 bridgehead atoms. The lowest BCUT2D eigenvalue weighted by Crippen LogP contribution is -2.49. The van der Waals surface area contributed by atoms with Crippen molar-refractivity contribution in [2.24, 2.45) is 5.92 Å². The zero-order valence-electron chi connectivity index (χ0n) is 14.5. The van der Waals surface area contributed by atoms with E-state index in [1.165, 1.54) is 12.1 Å². The van der Waals surface area contributed by atoms with Crippen LogP contribution in [0.2, 0.25) is 0 Å². The Morgan fingerprint density at radius 3 is 2.62 bits per heavy atom. The summed E-state index contributed by atoms with van der Waals surface area (Å²) in [6, 6.07) is 6.13. The third-order valence-corrected chi connectivity index (χ3v) is 4.87. The third kappa shape index (κ3) is 5.16. The van der Waals surface area contributed by atoms with Gasteiger partial charge >= 0.3 is 5.97 Å². The van der Waals surface area contributed by atoms with Crippen molar-refractivity contribution in [3.8, 4) is 0 Å². The molecule has 26 heavy (non-hydrogen) atoms. The molecule has 2 unspecified atom stereocenters. The van der Waals surface area contributed by atoms with Gasteiger partial charge in [-0.15, -0.1) is 12.4 Å². The van der Waals surface area contributed by atoms with E-state index in [0.29, 0.717) is 32.7 Å². The van der Waals surface area contributed by atoms with Crippen molar-refractivity contribution in [1.82, 2.24) is 9.80 Å². The van der Waals surface area contributed by atoms with E-state index in [4.69, 9.17) is 9.84 Å². The Labute approximate surface area is 158 Å². The van der Waals surface area contributed by atoms with Crippen molar-refractivity contribution >= 4 is 24.3 Å². The molecule has 0 aromatic heterocycles. The first-order valence-corrected chi connectivity index (χ1v) is 8.63. The van der Waals surface area contributed by atoms with Crippen molar-refractivity contribution in [3.63, 3.8) is 0 Å². The summed E-state index contributed by atoms with van der Waals surface area (Å²) in [7, 11) is 0. The van der Waals surface area contributed by atoms with Crippen LogP contribution in [-0.2, 0) is 14.3 Å². The number of carbonyl (C=O) groups excluding carboxylic acids is 1. The first-order valence-electron chi connectivity index (χ1n) is 8.63. The van der Waals surface area contributed by atoms with Gasteiger partial charge in [0, 0.05) is 13.1 Å². The number of carboxylic acids is 1. The molecule has 0 aliphatic carbocycles. The van der Waals surface area contributed by atoms with Crippen molar-refractivity contribution < 1.29 is 23.8 Å². The molecule has 1 aromatic rings. The second-order valence-electron chi connectivity index (χ2n) is 6.66. The fourth-order valence-corrected chi connectivity index (χ4v) is 3.45. The second kappa shape index (κ2) is 9.30. The van der Waals surface area contributed by atoms with Gasteiger partial charge < -0.3 is 14.7 Å². The third-order valence-electron chi connectivity index (χ3n) is 4.87. The number of halogens is 2. The van der Waals surface area contributed by atoms with E-state index in [0.717, 1.165) is 18.5 Å². The first kappa shape index (κ1) is 20.6. The minimum Gasteiger partial charge on any atom is -0.481 e. The van der Waals surface area contributed by atoms with Crippen LogP contribution in [0, 0.1) is 11.7 Å². The van der Waals surface area contributed by atoms with Crippen LogP contribution in [0.4, 0.5) is 4.39 Å². The zero-order valence-corrected chi connectivity index (χ0v) is 15.3. The number of rotatable bonds is 4. The fraction of sp³-hybridized carbons (Fsp3) is 0.556. The Bertz CT molecular complexity index is 628. The highest BCUT2D eigenvalue weighted by Crippen LogP contribution is 2.23. The molecule has 0 saturated carbocycles. The predicted octanol–water partition coefficient (Wildman–Crippen LogP) is 1.94. The molecule has 2 aliphatic rings. The summed E-state index contributed by atoms with van der Waals surface area (Å²) in [5.41, 5.74) is 0.850. The Morgan fingerprint density at radius 2 is 1.92 bits per heavy atom. The summed E-state index contributed by atoms with van der Waals surface area (Å²) in [6.45, 7) is 2.80. The summed E-state index contributed by atoms with van der Waals surface area (Å²) < 4.78 is 18.8. The van der Waals surface area contributed by atoms with Gasteiger partial charge in [0.2, 0.25) is 5.91 Å². The average molecular weight is 387 g/mol. The lowest BCUT2D eigenvalue weighted by molar-refractivity contribution is -0.146. The molecule has 2 heterocycles. The van der Waals surface area contributed by atoms with Crippen LogP contribution in [0.15, 0.2) is 24.3 Å². The smallest absolute Gasteiger partial charge is 0.307 e. The summed E-state index contributed by atoms with van der Waals surface area (Å²) in [5, 5.41) is 9.15. The number of likely N-dealkylation sites (tertiary alicyclic amines) is 1. The summed E-state index contributed by atoms with van der Waals surface area (Å²) in [4.78, 5) is 27.4. The maximum atomic E-state index is 13.1. The number of piperidine rings is 1. The molecular formula is C18H24ClFN2O4. The lowest BCUT2D eigenvalue weighted by Gasteiger charge is -2.36. The van der Waals surface area contributed by atoms with Crippen LogP contribution in [0.5, 0.6) is 0 Å². The standard InChI is InChI=1S/C18H23FN2O4.ClH/c19-15-5-3-13(4-6-15)16-11-21(8-9-25-16)17(22)12-20-7-1-2-14(10-20)18(23)24;/h3-6,14,16H,1-2,7-12H2,(H,23,24);1H. The Hall–Kier alpha value is -1.70. The molecular weight excluding hydrogens is 363 g/mol. The highest BCUT2D eigenvalue weighted by Gasteiger charge is 2.30. The molecule has 1 aromatic carbocycles. The Kier molecular flexibility index (Phi) is 7.37. The van der Waals surface area contributed by atoms with Crippen molar-refractivity contribution in [2.45, 2.75) is 18.9 Å². The maximum Gasteiger partial charge on any atom is 0.307 e. The van der Waals surface area contributed by atoms with Gasteiger partial charge in [0.1, 0.15) is 11.9 Å². The molecule has 2 fully saturated rings. The molecule has 8 heteroatoms. The number of hydrogen-bond acceptors (Lipinski definition) is 4. The second-order valence-corrected chi connectivity index (χ2v) is 6.66. The number of hydrogen-bond donors (Lipinski definition) is 1. The van der Waals surface area contributed by atoms with Crippen LogP contribution in [0.1, 0.15) is 24.5 Å². The van der Waals surface area contributed by atoms with Crippen LogP contribution < -0.4 is 0 Å². The van der Waals surface area contributed by atoms with Crippen LogP contribution in [0.3, 0.4) is 0 Å². The van der Waals surface area contributed by atoms with Gasteiger partial charge in [-0.05, 0) is 37.1 Å². The molecule has 2 saturated heterocycles. The number of morpholine rings is 1. The van der Waals surface area contributed by atoms with E-state index in [1.807, 2.05) is 4.90 Å². The van der Waals surface area contributed by atoms with E-state index in [9.17, 15) is 14.0 Å². The summed E-state index contributed by atoms with van der Waals surface area (Å²) in [6.07, 6.45) is 1.21. The minimum absolute atomic E-state index is 0. The highest BCUT2D eigenvalue weighted by atomic mass is 35.5. The van der Waals surface area contributed by atoms with E-state index in [2.05, 4.69) is 0 Å². The normalized spacial score (nSPS) is 24.0. The maximum absolute atomic E-state index is 13.1. The van der Waals surface area contributed by atoms with Crippen molar-refractivity contribution in [1.29, 1.82) is 0 Å². The topological polar surface area (TPSA) is 70.1 Å². The number of carbonyl (C=O) groups is 2. The van der Waals surface area contributed by atoms with E-state index < -0.39 is 11.9 Å². The van der Waals surface area contributed by atoms with Crippen molar-refractivity contribution in [2.75, 3.05) is 39.3 Å². The minimum atomic E-state index is -0.792. The van der Waals surface area contributed by atoms with Gasteiger partial charge in [0.05, 0.1) is 25.6 Å². The summed E-state index contributed by atoms with van der Waals surface area (Å²) in [5.74, 6) is -1.50. The van der Waals surface area contributed by atoms with Crippen molar-refractivity contribution in [3.05, 3.63) is 35.6 Å². The first-order chi connectivity index (χ1) is 12.0. The largest absolute Gasteiger partial charge is 0.481 e. The summed E-state index contributed by atoms with van der Waals surface area (Å²) >= 11 is 0. The van der Waals surface area contributed by atoms with Gasteiger partial charge in [-0.1, -0.05) is 12.1 Å². The quantitative estimate of drug-likeness (QED) is 0.856. The van der Waals surface area contributed by atoms with Gasteiger partial charge in [0.15, 0.2) is 0 Å². The monoisotopic (exact) mass is 386 g/mol.